The van der Waals surface area contributed by atoms with Crippen molar-refractivity contribution in [1.82, 2.24) is 19.2 Å². The van der Waals surface area contributed by atoms with Gasteiger partial charge in [-0.1, -0.05) is 43.0 Å². The highest BCUT2D eigenvalue weighted by Crippen LogP contribution is 2.23. The highest BCUT2D eigenvalue weighted by Gasteiger charge is 2.28. The molecule has 0 saturated carbocycles. The highest BCUT2D eigenvalue weighted by molar-refractivity contribution is 6.30. The van der Waals surface area contributed by atoms with E-state index in [0.717, 1.165) is 43.8 Å². The maximum atomic E-state index is 13.4. The van der Waals surface area contributed by atoms with Crippen LogP contribution in [-0.4, -0.2) is 62.5 Å². The van der Waals surface area contributed by atoms with Crippen molar-refractivity contribution in [2.24, 2.45) is 0 Å². The third-order valence-electron chi connectivity index (χ3n) is 5.73. The summed E-state index contributed by atoms with van der Waals surface area (Å²) in [5.41, 5.74) is 2.07. The van der Waals surface area contributed by atoms with E-state index < -0.39 is 0 Å². The first-order chi connectivity index (χ1) is 13.7. The van der Waals surface area contributed by atoms with Crippen LogP contribution in [0.5, 0.6) is 0 Å². The number of imidazole rings is 1. The number of hydrogen-bond donors (Lipinski definition) is 1. The molecule has 4 rings (SSSR count). The number of amides is 1. The Morgan fingerprint density at radius 1 is 1.18 bits per heavy atom. The summed E-state index contributed by atoms with van der Waals surface area (Å²) in [5, 5.41) is 10.3. The van der Waals surface area contributed by atoms with Gasteiger partial charge in [0.15, 0.2) is 5.69 Å². The Bertz CT molecular complexity index is 871. The zero-order valence-electron chi connectivity index (χ0n) is 16.1. The molecule has 1 fully saturated rings. The molecular weight excluding hydrogens is 376 g/mol. The van der Waals surface area contributed by atoms with Crippen LogP contribution >= 0.6 is 11.6 Å². The average molecular weight is 403 g/mol. The zero-order valence-corrected chi connectivity index (χ0v) is 16.8. The molecule has 0 aromatic carbocycles. The van der Waals surface area contributed by atoms with Gasteiger partial charge in [0.1, 0.15) is 5.65 Å². The summed E-state index contributed by atoms with van der Waals surface area (Å²) < 4.78 is 1.92. The number of halogens is 1. The van der Waals surface area contributed by atoms with Crippen LogP contribution in [0.4, 0.5) is 0 Å². The lowest BCUT2D eigenvalue weighted by atomic mass is 10.1. The van der Waals surface area contributed by atoms with E-state index in [2.05, 4.69) is 16.0 Å². The number of aliphatic hydroxyl groups excluding tert-OH is 1. The van der Waals surface area contributed by atoms with E-state index in [0.29, 0.717) is 17.3 Å². The average Bonchev–Trinajstić information content (AvgIpc) is 3.26. The molecular formula is C21H27ClN4O2. The van der Waals surface area contributed by atoms with Crippen LogP contribution in [0.3, 0.4) is 0 Å². The molecule has 1 amide bonds. The van der Waals surface area contributed by atoms with Crippen LogP contribution in [0, 0.1) is 0 Å². The minimum absolute atomic E-state index is 0.00410. The molecule has 7 heteroatoms. The van der Waals surface area contributed by atoms with Gasteiger partial charge in [0, 0.05) is 32.4 Å². The van der Waals surface area contributed by atoms with Gasteiger partial charge in [-0.25, -0.2) is 4.98 Å². The van der Waals surface area contributed by atoms with E-state index in [4.69, 9.17) is 11.6 Å². The van der Waals surface area contributed by atoms with Crippen molar-refractivity contribution in [3.05, 3.63) is 46.9 Å². The summed E-state index contributed by atoms with van der Waals surface area (Å²) in [5.74, 6) is 0.00410. The van der Waals surface area contributed by atoms with Gasteiger partial charge in [-0.2, -0.15) is 0 Å². The fraction of sp³-hybridized carbons (Fsp3) is 0.524. The van der Waals surface area contributed by atoms with E-state index in [1.807, 2.05) is 27.6 Å². The first-order valence-corrected chi connectivity index (χ1v) is 10.5. The third-order valence-corrected chi connectivity index (χ3v) is 5.96. The molecule has 6 nitrogen and oxygen atoms in total. The molecule has 4 heterocycles. The Labute approximate surface area is 170 Å². The molecule has 0 unspecified atom stereocenters. The zero-order chi connectivity index (χ0) is 19.5. The quantitative estimate of drug-likeness (QED) is 0.798. The number of pyridine rings is 1. The van der Waals surface area contributed by atoms with Gasteiger partial charge in [0.25, 0.3) is 5.91 Å². The van der Waals surface area contributed by atoms with Crippen LogP contribution in [0.2, 0.25) is 5.02 Å². The minimum Gasteiger partial charge on any atom is -0.394 e. The summed E-state index contributed by atoms with van der Waals surface area (Å²) in [6, 6.07) is 3.61. The third kappa shape index (κ3) is 3.95. The summed E-state index contributed by atoms with van der Waals surface area (Å²) in [4.78, 5) is 22.2. The van der Waals surface area contributed by atoms with Crippen LogP contribution < -0.4 is 0 Å². The SMILES string of the molecule is O=C(c1nc2ccc(Cl)cn2c1CN1CC=C[C@@H]1CO)N1CCCCCCC1. The van der Waals surface area contributed by atoms with Gasteiger partial charge >= 0.3 is 0 Å². The number of carbonyl (C=O) groups excluding carboxylic acids is 1. The van der Waals surface area contributed by atoms with Crippen molar-refractivity contribution in [2.45, 2.75) is 44.7 Å². The fourth-order valence-electron chi connectivity index (χ4n) is 4.15. The molecule has 2 aromatic rings. The molecule has 2 aliphatic rings. The van der Waals surface area contributed by atoms with Crippen molar-refractivity contribution >= 4 is 23.2 Å². The second kappa shape index (κ2) is 8.64. The Kier molecular flexibility index (Phi) is 5.99. The van der Waals surface area contributed by atoms with Crippen molar-refractivity contribution in [2.75, 3.05) is 26.2 Å². The number of carbonyl (C=O) groups is 1. The van der Waals surface area contributed by atoms with Crippen molar-refractivity contribution in [3.8, 4) is 0 Å². The molecule has 1 saturated heterocycles. The molecule has 1 N–H and O–H groups in total. The summed E-state index contributed by atoms with van der Waals surface area (Å²) in [6.07, 6.45) is 11.6. The Balaban J connectivity index is 1.69. The van der Waals surface area contributed by atoms with Crippen molar-refractivity contribution in [3.63, 3.8) is 0 Å². The maximum absolute atomic E-state index is 13.4. The Morgan fingerprint density at radius 2 is 1.93 bits per heavy atom. The highest BCUT2D eigenvalue weighted by atomic mass is 35.5. The van der Waals surface area contributed by atoms with Crippen LogP contribution in [-0.2, 0) is 6.54 Å². The fourth-order valence-corrected chi connectivity index (χ4v) is 4.31. The summed E-state index contributed by atoms with van der Waals surface area (Å²) >= 11 is 6.23. The number of nitrogens with zero attached hydrogens (tertiary/aromatic N) is 4. The predicted octanol–water partition coefficient (Wildman–Crippen LogP) is 3.13. The van der Waals surface area contributed by atoms with E-state index >= 15 is 0 Å². The second-order valence-electron chi connectivity index (χ2n) is 7.65. The molecule has 150 valence electrons. The molecule has 0 spiro atoms. The lowest BCUT2D eigenvalue weighted by molar-refractivity contribution is 0.0734. The van der Waals surface area contributed by atoms with Gasteiger partial charge in [-0.05, 0) is 25.0 Å². The first-order valence-electron chi connectivity index (χ1n) is 10.1. The van der Waals surface area contributed by atoms with Gasteiger partial charge in [-0.15, -0.1) is 0 Å². The molecule has 0 bridgehead atoms. The summed E-state index contributed by atoms with van der Waals surface area (Å²) in [7, 11) is 0. The van der Waals surface area contributed by atoms with Gasteiger partial charge in [0.05, 0.1) is 23.4 Å². The monoisotopic (exact) mass is 402 g/mol. The number of hydrogen-bond acceptors (Lipinski definition) is 4. The topological polar surface area (TPSA) is 61.1 Å². The van der Waals surface area contributed by atoms with Gasteiger partial charge in [0.2, 0.25) is 0 Å². The maximum Gasteiger partial charge on any atom is 0.274 e. The van der Waals surface area contributed by atoms with Crippen LogP contribution in [0.15, 0.2) is 30.5 Å². The molecule has 0 aliphatic carbocycles. The molecule has 0 radical (unpaired) electrons. The van der Waals surface area contributed by atoms with Crippen LogP contribution in [0.1, 0.15) is 48.3 Å². The normalized spacial score (nSPS) is 21.2. The van der Waals surface area contributed by atoms with Gasteiger partial charge < -0.3 is 14.4 Å². The standard InChI is InChI=1S/C21H27ClN4O2/c22-16-8-9-19-23-20(21(28)24-10-4-2-1-3-5-11-24)18(26(19)13-16)14-25-12-6-7-17(25)15-27/h6-9,13,17,27H,1-5,10-12,14-15H2/t17-/m1/s1. The number of likely N-dealkylation sites (tertiary alicyclic amines) is 1. The van der Waals surface area contributed by atoms with E-state index in [-0.39, 0.29) is 18.6 Å². The van der Waals surface area contributed by atoms with E-state index in [1.54, 1.807) is 6.07 Å². The van der Waals surface area contributed by atoms with E-state index in [9.17, 15) is 9.90 Å². The minimum atomic E-state index is -0.0330. The lowest BCUT2D eigenvalue weighted by Crippen LogP contribution is -2.36. The number of aliphatic hydroxyl groups is 1. The number of aromatic nitrogens is 2. The van der Waals surface area contributed by atoms with Crippen molar-refractivity contribution in [1.29, 1.82) is 0 Å². The largest absolute Gasteiger partial charge is 0.394 e. The van der Waals surface area contributed by atoms with Crippen molar-refractivity contribution < 1.29 is 9.90 Å². The molecule has 1 atom stereocenters. The van der Waals surface area contributed by atoms with Gasteiger partial charge in [-0.3, -0.25) is 9.69 Å². The molecule has 2 aliphatic heterocycles. The smallest absolute Gasteiger partial charge is 0.274 e. The number of fused-ring (bicyclic) bond motifs is 1. The molecule has 28 heavy (non-hydrogen) atoms. The first kappa shape index (κ1) is 19.4. The molecule has 2 aromatic heterocycles. The number of rotatable bonds is 4. The van der Waals surface area contributed by atoms with Crippen LogP contribution in [0.25, 0.3) is 5.65 Å². The summed E-state index contributed by atoms with van der Waals surface area (Å²) in [6.45, 7) is 2.92. The predicted molar refractivity (Wildman–Crippen MR) is 110 cm³/mol. The Morgan fingerprint density at radius 3 is 2.68 bits per heavy atom. The van der Waals surface area contributed by atoms with E-state index in [1.165, 1.54) is 19.3 Å². The second-order valence-corrected chi connectivity index (χ2v) is 8.09. The Hall–Kier alpha value is -1.89. The lowest BCUT2D eigenvalue weighted by Gasteiger charge is -2.26.